The highest BCUT2D eigenvalue weighted by Gasteiger charge is 2.23. The van der Waals surface area contributed by atoms with Crippen molar-refractivity contribution in [2.75, 3.05) is 0 Å². The Morgan fingerprint density at radius 3 is 2.50 bits per heavy atom. The first-order chi connectivity index (χ1) is 9.45. The van der Waals surface area contributed by atoms with Crippen molar-refractivity contribution in [2.24, 2.45) is 7.05 Å². The van der Waals surface area contributed by atoms with Crippen molar-refractivity contribution in [2.45, 2.75) is 24.9 Å². The molecule has 0 aliphatic rings. The van der Waals surface area contributed by atoms with Crippen LogP contribution in [0.1, 0.15) is 18.1 Å². The Hall–Kier alpha value is -1.25. The first kappa shape index (κ1) is 15.1. The largest absolute Gasteiger partial charge is 0.260 e. The van der Waals surface area contributed by atoms with Crippen molar-refractivity contribution >= 4 is 26.0 Å². The first-order valence-corrected chi connectivity index (χ1v) is 8.35. The van der Waals surface area contributed by atoms with Crippen molar-refractivity contribution in [1.82, 2.24) is 19.7 Å². The fraction of sp³-hybridized carbons (Fsp3) is 0.333. The molecular formula is C12H15BrN4O2S. The smallest absolute Gasteiger partial charge is 0.235 e. The van der Waals surface area contributed by atoms with Crippen LogP contribution in [0.4, 0.5) is 0 Å². The Kier molecular flexibility index (Phi) is 4.56. The van der Waals surface area contributed by atoms with Gasteiger partial charge in [0.2, 0.25) is 5.03 Å². The number of nitrogens with zero attached hydrogens (tertiary/aromatic N) is 3. The summed E-state index contributed by atoms with van der Waals surface area (Å²) in [5, 5.41) is 7.37. The molecule has 0 bridgehead atoms. The van der Waals surface area contributed by atoms with Gasteiger partial charge in [-0.15, -0.1) is 5.10 Å². The molecule has 0 radical (unpaired) electrons. The number of aromatic nitrogens is 3. The lowest BCUT2D eigenvalue weighted by Gasteiger charge is -2.10. The van der Waals surface area contributed by atoms with Gasteiger partial charge in [0.15, 0.2) is 4.60 Å². The Morgan fingerprint density at radius 1 is 1.30 bits per heavy atom. The predicted molar refractivity (Wildman–Crippen MR) is 78.5 cm³/mol. The molecular weight excluding hydrogens is 344 g/mol. The van der Waals surface area contributed by atoms with Gasteiger partial charge in [0.1, 0.15) is 0 Å². The summed E-state index contributed by atoms with van der Waals surface area (Å²) in [7, 11) is -2.13. The molecule has 0 saturated carbocycles. The second-order valence-corrected chi connectivity index (χ2v) is 6.69. The van der Waals surface area contributed by atoms with E-state index in [-0.39, 0.29) is 16.2 Å². The molecule has 2 rings (SSSR count). The van der Waals surface area contributed by atoms with Crippen LogP contribution >= 0.6 is 15.9 Å². The summed E-state index contributed by atoms with van der Waals surface area (Å²) < 4.78 is 28.5. The number of benzene rings is 1. The SMILES string of the molecule is CCc1ccccc1CNS(=O)(=O)c1c(Br)nnn1C. The van der Waals surface area contributed by atoms with Gasteiger partial charge in [-0.3, -0.25) is 0 Å². The van der Waals surface area contributed by atoms with Gasteiger partial charge in [-0.1, -0.05) is 36.4 Å². The summed E-state index contributed by atoms with van der Waals surface area (Å²) in [5.41, 5.74) is 2.09. The molecule has 2 aromatic rings. The number of halogens is 1. The highest BCUT2D eigenvalue weighted by molar-refractivity contribution is 9.10. The Bertz CT molecular complexity index is 692. The molecule has 1 N–H and O–H groups in total. The van der Waals surface area contributed by atoms with E-state index in [9.17, 15) is 8.42 Å². The maximum atomic E-state index is 12.3. The average molecular weight is 359 g/mol. The van der Waals surface area contributed by atoms with E-state index in [0.29, 0.717) is 0 Å². The van der Waals surface area contributed by atoms with Crippen LogP contribution in [0.3, 0.4) is 0 Å². The van der Waals surface area contributed by atoms with Crippen LogP contribution < -0.4 is 4.72 Å². The van der Waals surface area contributed by atoms with E-state index in [4.69, 9.17) is 0 Å². The maximum absolute atomic E-state index is 12.3. The van der Waals surface area contributed by atoms with Crippen LogP contribution in [0.2, 0.25) is 0 Å². The average Bonchev–Trinajstić information content (AvgIpc) is 2.77. The van der Waals surface area contributed by atoms with E-state index < -0.39 is 10.0 Å². The first-order valence-electron chi connectivity index (χ1n) is 6.07. The normalized spacial score (nSPS) is 11.8. The third-order valence-electron chi connectivity index (χ3n) is 2.94. The van der Waals surface area contributed by atoms with Crippen molar-refractivity contribution in [1.29, 1.82) is 0 Å². The van der Waals surface area contributed by atoms with Crippen LogP contribution in [0, 0.1) is 0 Å². The summed E-state index contributed by atoms with van der Waals surface area (Å²) in [6, 6.07) is 7.74. The van der Waals surface area contributed by atoms with Crippen LogP contribution in [-0.4, -0.2) is 23.4 Å². The van der Waals surface area contributed by atoms with Crippen molar-refractivity contribution in [3.8, 4) is 0 Å². The molecule has 20 heavy (non-hydrogen) atoms. The number of hydrogen-bond acceptors (Lipinski definition) is 4. The molecule has 0 aliphatic carbocycles. The van der Waals surface area contributed by atoms with Gasteiger partial charge in [0, 0.05) is 13.6 Å². The van der Waals surface area contributed by atoms with Crippen molar-refractivity contribution < 1.29 is 8.42 Å². The number of nitrogens with one attached hydrogen (secondary N) is 1. The Labute approximate surface area is 126 Å². The third kappa shape index (κ3) is 3.08. The lowest BCUT2D eigenvalue weighted by atomic mass is 10.1. The van der Waals surface area contributed by atoms with Gasteiger partial charge in [-0.25, -0.2) is 17.8 Å². The van der Waals surface area contributed by atoms with E-state index >= 15 is 0 Å². The molecule has 108 valence electrons. The highest BCUT2D eigenvalue weighted by Crippen LogP contribution is 2.18. The quantitative estimate of drug-likeness (QED) is 0.880. The number of aryl methyl sites for hydroxylation is 2. The second-order valence-electron chi connectivity index (χ2n) is 4.26. The molecule has 0 saturated heterocycles. The molecule has 1 aromatic carbocycles. The van der Waals surface area contributed by atoms with Gasteiger partial charge in [-0.05, 0) is 33.5 Å². The van der Waals surface area contributed by atoms with E-state index in [2.05, 4.69) is 31.0 Å². The second kappa shape index (κ2) is 6.02. The van der Waals surface area contributed by atoms with Crippen LogP contribution in [0.5, 0.6) is 0 Å². The zero-order valence-electron chi connectivity index (χ0n) is 11.2. The molecule has 0 aliphatic heterocycles. The van der Waals surface area contributed by atoms with E-state index in [0.717, 1.165) is 17.5 Å². The Balaban J connectivity index is 2.22. The van der Waals surface area contributed by atoms with E-state index in [1.165, 1.54) is 11.7 Å². The Morgan fingerprint density at radius 2 is 1.95 bits per heavy atom. The molecule has 0 amide bonds. The zero-order valence-corrected chi connectivity index (χ0v) is 13.6. The summed E-state index contributed by atoms with van der Waals surface area (Å²) in [4.78, 5) is 0. The third-order valence-corrected chi connectivity index (χ3v) is 5.23. The van der Waals surface area contributed by atoms with Crippen molar-refractivity contribution in [3.63, 3.8) is 0 Å². The lowest BCUT2D eigenvalue weighted by Crippen LogP contribution is -2.26. The monoisotopic (exact) mass is 358 g/mol. The summed E-state index contributed by atoms with van der Waals surface area (Å²) in [6.45, 7) is 2.28. The van der Waals surface area contributed by atoms with E-state index in [1.54, 1.807) is 0 Å². The zero-order chi connectivity index (χ0) is 14.8. The molecule has 6 nitrogen and oxygen atoms in total. The van der Waals surface area contributed by atoms with Gasteiger partial charge < -0.3 is 0 Å². The van der Waals surface area contributed by atoms with Gasteiger partial charge in [-0.2, -0.15) is 0 Å². The summed E-state index contributed by atoms with van der Waals surface area (Å²) >= 11 is 3.09. The molecule has 1 aromatic heterocycles. The fourth-order valence-electron chi connectivity index (χ4n) is 1.92. The number of sulfonamides is 1. The fourth-order valence-corrected chi connectivity index (χ4v) is 4.02. The molecule has 0 unspecified atom stereocenters. The molecule has 8 heteroatoms. The minimum Gasteiger partial charge on any atom is -0.235 e. The minimum atomic E-state index is -3.66. The molecule has 0 atom stereocenters. The van der Waals surface area contributed by atoms with Crippen LogP contribution in [-0.2, 0) is 30.0 Å². The topological polar surface area (TPSA) is 76.9 Å². The molecule has 1 heterocycles. The highest BCUT2D eigenvalue weighted by atomic mass is 79.9. The van der Waals surface area contributed by atoms with Gasteiger partial charge in [0.05, 0.1) is 0 Å². The van der Waals surface area contributed by atoms with Crippen LogP contribution in [0.15, 0.2) is 33.9 Å². The maximum Gasteiger partial charge on any atom is 0.260 e. The van der Waals surface area contributed by atoms with Gasteiger partial charge >= 0.3 is 0 Å². The predicted octanol–water partition coefficient (Wildman–Crippen LogP) is 1.62. The summed E-state index contributed by atoms with van der Waals surface area (Å²) in [5.74, 6) is 0. The van der Waals surface area contributed by atoms with Gasteiger partial charge in [0.25, 0.3) is 10.0 Å². The molecule has 0 spiro atoms. The standard InChI is InChI=1S/C12H15BrN4O2S/c1-3-9-6-4-5-7-10(9)8-14-20(18,19)12-11(13)15-16-17(12)2/h4-7,14H,3,8H2,1-2H3. The van der Waals surface area contributed by atoms with Crippen molar-refractivity contribution in [3.05, 3.63) is 40.0 Å². The van der Waals surface area contributed by atoms with E-state index in [1.807, 2.05) is 31.2 Å². The summed E-state index contributed by atoms with van der Waals surface area (Å²) in [6.07, 6.45) is 0.856. The lowest BCUT2D eigenvalue weighted by molar-refractivity contribution is 0.560. The number of rotatable bonds is 5. The number of hydrogen-bond donors (Lipinski definition) is 1. The van der Waals surface area contributed by atoms with Crippen LogP contribution in [0.25, 0.3) is 0 Å². The minimum absolute atomic E-state index is 0.0199. The molecule has 0 fully saturated rings.